The lowest BCUT2D eigenvalue weighted by Gasteiger charge is -2.57. The fraction of sp³-hybridized carbons (Fsp3) is 0.484. The zero-order valence-electron chi connectivity index (χ0n) is 22.1. The fourth-order valence-corrected chi connectivity index (χ4v) is 10.2. The largest absolute Gasteiger partial charge is 0.479 e. The number of hydrogen-bond donors (Lipinski definition) is 6. The van der Waals surface area contributed by atoms with Gasteiger partial charge in [-0.3, -0.25) is 9.59 Å². The Labute approximate surface area is 235 Å². The number of rotatable bonds is 10. The fourth-order valence-electron chi connectivity index (χ4n) is 10.2. The first-order valence-corrected chi connectivity index (χ1v) is 14.1. The van der Waals surface area contributed by atoms with E-state index < -0.39 is 47.0 Å². The number of hydrogen-bond acceptors (Lipinski definition) is 6. The molecule has 2 bridgehead atoms. The van der Waals surface area contributed by atoms with Crippen LogP contribution in [0.1, 0.15) is 42.5 Å². The van der Waals surface area contributed by atoms with Crippen LogP contribution in [0.15, 0.2) is 60.7 Å². The number of nitrogens with one attached hydrogen (secondary N) is 2. The van der Waals surface area contributed by atoms with Crippen molar-refractivity contribution >= 4 is 23.8 Å². The molecule has 7 rings (SSSR count). The number of aliphatic carboxylic acids is 2. The van der Waals surface area contributed by atoms with Crippen LogP contribution >= 0.6 is 0 Å². The summed E-state index contributed by atoms with van der Waals surface area (Å²) in [6.45, 7) is 0. The molecule has 0 aliphatic heterocycles. The number of amides is 2. The maximum Gasteiger partial charge on any atom is 0.330 e. The van der Waals surface area contributed by atoms with Gasteiger partial charge >= 0.3 is 11.9 Å². The molecule has 2 amide bonds. The van der Waals surface area contributed by atoms with E-state index in [2.05, 4.69) is 10.6 Å². The van der Waals surface area contributed by atoms with Crippen molar-refractivity contribution in [1.29, 1.82) is 0 Å². The molecule has 12 atom stereocenters. The summed E-state index contributed by atoms with van der Waals surface area (Å²) in [6.07, 6.45) is 0.292. The topological polar surface area (TPSA) is 173 Å². The van der Waals surface area contributed by atoms with Crippen LogP contribution in [0, 0.1) is 47.3 Å². The van der Waals surface area contributed by atoms with Crippen LogP contribution in [0.5, 0.6) is 0 Å². The molecule has 10 heteroatoms. The van der Waals surface area contributed by atoms with Crippen LogP contribution in [-0.2, 0) is 19.2 Å². The summed E-state index contributed by atoms with van der Waals surface area (Å²) >= 11 is 0. The molecule has 0 radical (unpaired) electrons. The van der Waals surface area contributed by atoms with E-state index in [0.717, 1.165) is 6.42 Å². The van der Waals surface area contributed by atoms with Gasteiger partial charge in [0.05, 0.1) is 24.0 Å². The monoisotopic (exact) mass is 560 g/mol. The third-order valence-electron chi connectivity index (χ3n) is 11.1. The Kier molecular flexibility index (Phi) is 5.66. The van der Waals surface area contributed by atoms with Crippen LogP contribution in [-0.4, -0.2) is 55.4 Å². The van der Waals surface area contributed by atoms with Gasteiger partial charge in [0, 0.05) is 0 Å². The minimum atomic E-state index is -1.40. The minimum absolute atomic E-state index is 0.145. The molecule has 10 unspecified atom stereocenters. The van der Waals surface area contributed by atoms with Gasteiger partial charge in [-0.2, -0.15) is 0 Å². The lowest BCUT2D eigenvalue weighted by atomic mass is 9.50. The first-order valence-electron chi connectivity index (χ1n) is 14.1. The molecule has 2 aromatic rings. The Bertz CT molecular complexity index is 1320. The normalized spacial score (nSPS) is 39.7. The summed E-state index contributed by atoms with van der Waals surface area (Å²) in [5.74, 6) is -4.43. The molecule has 214 valence electrons. The maximum atomic E-state index is 13.2. The highest BCUT2D eigenvalue weighted by atomic mass is 16.4. The molecule has 6 N–H and O–H groups in total. The van der Waals surface area contributed by atoms with Crippen molar-refractivity contribution < 1.29 is 39.6 Å². The summed E-state index contributed by atoms with van der Waals surface area (Å²) in [5.41, 5.74) is -1.94. The minimum Gasteiger partial charge on any atom is -0.479 e. The molecular formula is C31H32N2O8. The van der Waals surface area contributed by atoms with Crippen LogP contribution in [0.2, 0.25) is 0 Å². The maximum absolute atomic E-state index is 13.2. The van der Waals surface area contributed by atoms with Gasteiger partial charge in [0.2, 0.25) is 11.8 Å². The lowest BCUT2D eigenvalue weighted by molar-refractivity contribution is -0.219. The van der Waals surface area contributed by atoms with Crippen molar-refractivity contribution in [2.45, 2.75) is 42.5 Å². The van der Waals surface area contributed by atoms with Gasteiger partial charge in [0.25, 0.3) is 0 Å². The van der Waals surface area contributed by atoms with Gasteiger partial charge in [-0.05, 0) is 64.9 Å². The van der Waals surface area contributed by atoms with Crippen LogP contribution in [0.4, 0.5) is 0 Å². The van der Waals surface area contributed by atoms with E-state index in [9.17, 15) is 39.6 Å². The summed E-state index contributed by atoms with van der Waals surface area (Å²) in [4.78, 5) is 50.3. The summed E-state index contributed by atoms with van der Waals surface area (Å²) in [6, 6.07) is 14.2. The summed E-state index contributed by atoms with van der Waals surface area (Å²) < 4.78 is 0. The van der Waals surface area contributed by atoms with Gasteiger partial charge in [0.1, 0.15) is 0 Å². The predicted octanol–water partition coefficient (Wildman–Crippen LogP) is 1.50. The van der Waals surface area contributed by atoms with Crippen molar-refractivity contribution in [3.8, 4) is 0 Å². The van der Waals surface area contributed by atoms with E-state index in [0.29, 0.717) is 11.1 Å². The van der Waals surface area contributed by atoms with Crippen LogP contribution in [0.25, 0.3) is 0 Å². The molecule has 10 nitrogen and oxygen atoms in total. The number of fused-ring (bicyclic) bond motifs is 2. The third kappa shape index (κ3) is 3.50. The lowest BCUT2D eigenvalue weighted by Crippen LogP contribution is -2.65. The Morgan fingerprint density at radius 2 is 1.02 bits per heavy atom. The van der Waals surface area contributed by atoms with Gasteiger partial charge in [-0.1, -0.05) is 60.7 Å². The standard InChI is InChI=1S/C31H32N2O8/c34-18(32-26(28(36)37)14-7-3-1-4-8-14)12-30(40)22-16-11-17-21-20(16)24(30)25(21)31(41,23(17)22)13-19(35)33-27(29(38)39)15-9-5-2-6-10-15/h1-10,16-17,20-27,40-41H,11-13H2,(H,32,34)(H,33,35)(H,36,37)(H,38,39)/t16?,17?,20?,21?,22?,23?,24?,25?,26-,27-,30?,31?/m0/s1. The second-order valence-corrected chi connectivity index (χ2v) is 12.7. The van der Waals surface area contributed by atoms with E-state index in [1.54, 1.807) is 60.7 Å². The van der Waals surface area contributed by atoms with E-state index in [1.165, 1.54) is 0 Å². The van der Waals surface area contributed by atoms with Crippen LogP contribution in [0.3, 0.4) is 0 Å². The Morgan fingerprint density at radius 1 is 0.659 bits per heavy atom. The van der Waals surface area contributed by atoms with E-state index >= 15 is 0 Å². The molecule has 5 aliphatic carbocycles. The summed E-state index contributed by atoms with van der Waals surface area (Å²) in [5, 5.41) is 48.8. The van der Waals surface area contributed by atoms with E-state index in [4.69, 9.17) is 0 Å². The molecule has 0 spiro atoms. The predicted molar refractivity (Wildman–Crippen MR) is 142 cm³/mol. The second-order valence-electron chi connectivity index (χ2n) is 12.7. The van der Waals surface area contributed by atoms with E-state index in [-0.39, 0.29) is 60.2 Å². The van der Waals surface area contributed by atoms with Gasteiger partial charge in [-0.15, -0.1) is 0 Å². The molecule has 41 heavy (non-hydrogen) atoms. The number of benzene rings is 2. The average molecular weight is 561 g/mol. The smallest absolute Gasteiger partial charge is 0.330 e. The molecule has 0 aromatic heterocycles. The first kappa shape index (κ1) is 26.2. The number of carbonyl (C=O) groups is 4. The quantitative estimate of drug-likeness (QED) is 0.254. The Balaban J connectivity index is 1.10. The van der Waals surface area contributed by atoms with Crippen LogP contribution < -0.4 is 10.6 Å². The highest BCUT2D eigenvalue weighted by Gasteiger charge is 2.90. The zero-order chi connectivity index (χ0) is 28.8. The van der Waals surface area contributed by atoms with Gasteiger partial charge in [0.15, 0.2) is 12.1 Å². The average Bonchev–Trinajstić information content (AvgIpc) is 3.45. The van der Waals surface area contributed by atoms with Gasteiger partial charge < -0.3 is 31.1 Å². The van der Waals surface area contributed by atoms with Crippen molar-refractivity contribution in [1.82, 2.24) is 10.6 Å². The highest BCUT2D eigenvalue weighted by molar-refractivity contribution is 5.86. The van der Waals surface area contributed by atoms with Gasteiger partial charge in [-0.25, -0.2) is 9.59 Å². The SMILES string of the molecule is O=C(CC1(O)C2C3CC4C5C3C1C5C(O)(CC(=O)N[C@H](C(=O)O)c1ccccc1)C42)N[C@H](C(=O)O)c1ccccc1. The highest BCUT2D eigenvalue weighted by Crippen LogP contribution is 2.88. The number of carboxylic acid groups (broad SMARTS) is 2. The molecule has 0 saturated heterocycles. The van der Waals surface area contributed by atoms with Crippen molar-refractivity contribution in [3.05, 3.63) is 71.8 Å². The molecular weight excluding hydrogens is 528 g/mol. The molecule has 5 saturated carbocycles. The molecule has 2 aromatic carbocycles. The summed E-state index contributed by atoms with van der Waals surface area (Å²) in [7, 11) is 0. The molecule has 5 aliphatic rings. The number of carboxylic acids is 2. The zero-order valence-corrected chi connectivity index (χ0v) is 22.1. The van der Waals surface area contributed by atoms with Crippen molar-refractivity contribution in [2.75, 3.05) is 0 Å². The molecule has 5 fully saturated rings. The molecule has 0 heterocycles. The van der Waals surface area contributed by atoms with Crippen molar-refractivity contribution in [2.24, 2.45) is 47.3 Å². The number of carbonyl (C=O) groups excluding carboxylic acids is 2. The Hall–Kier alpha value is -3.76. The van der Waals surface area contributed by atoms with Crippen molar-refractivity contribution in [3.63, 3.8) is 0 Å². The Morgan fingerprint density at radius 3 is 1.37 bits per heavy atom. The first-order chi connectivity index (χ1) is 19.6. The third-order valence-corrected chi connectivity index (χ3v) is 11.1. The number of aliphatic hydroxyl groups is 2. The van der Waals surface area contributed by atoms with E-state index in [1.807, 2.05) is 0 Å². The second kappa shape index (κ2) is 8.87.